The van der Waals surface area contributed by atoms with Crippen LogP contribution in [0.5, 0.6) is 0 Å². The summed E-state index contributed by atoms with van der Waals surface area (Å²) >= 11 is 0. The normalized spacial score (nSPS) is 21.6. The molecule has 1 atom stereocenters. The number of benzene rings is 2. The molecule has 2 aromatic rings. The first-order valence-corrected chi connectivity index (χ1v) is 10.8. The van der Waals surface area contributed by atoms with Gasteiger partial charge in [0.15, 0.2) is 0 Å². The first kappa shape index (κ1) is 19.8. The first-order valence-electron chi connectivity index (χ1n) is 9.33. The summed E-state index contributed by atoms with van der Waals surface area (Å²) in [6.45, 7) is 2.88. The Morgan fingerprint density at radius 3 is 2.52 bits per heavy atom. The average molecular weight is 386 g/mol. The molecule has 27 heavy (non-hydrogen) atoms. The van der Waals surface area contributed by atoms with Crippen LogP contribution in [0.1, 0.15) is 29.5 Å². The van der Waals surface area contributed by atoms with Crippen LogP contribution in [0.15, 0.2) is 60.0 Å². The molecule has 0 spiro atoms. The Bertz CT molecular complexity index is 893. The molecule has 0 amide bonds. The van der Waals surface area contributed by atoms with Gasteiger partial charge in [0.2, 0.25) is 10.0 Å². The molecule has 0 saturated carbocycles. The van der Waals surface area contributed by atoms with Gasteiger partial charge in [0.25, 0.3) is 0 Å². The van der Waals surface area contributed by atoms with E-state index in [0.717, 1.165) is 18.4 Å². The van der Waals surface area contributed by atoms with Crippen LogP contribution in [-0.4, -0.2) is 37.5 Å². The quantitative estimate of drug-likeness (QED) is 0.826. The molecule has 1 aliphatic rings. The molecule has 3 rings (SSSR count). The van der Waals surface area contributed by atoms with E-state index >= 15 is 0 Å². The van der Waals surface area contributed by atoms with Gasteiger partial charge in [0, 0.05) is 23.9 Å². The van der Waals surface area contributed by atoms with Crippen molar-refractivity contribution in [1.82, 2.24) is 4.31 Å². The summed E-state index contributed by atoms with van der Waals surface area (Å²) in [6, 6.07) is 17.5. The van der Waals surface area contributed by atoms with Gasteiger partial charge in [-0.05, 0) is 49.0 Å². The molecule has 1 unspecified atom stereocenters. The van der Waals surface area contributed by atoms with E-state index in [4.69, 9.17) is 0 Å². The second-order valence-corrected chi connectivity index (χ2v) is 9.28. The van der Waals surface area contributed by atoms with E-state index in [1.54, 1.807) is 6.08 Å². The summed E-state index contributed by atoms with van der Waals surface area (Å²) in [5, 5.41) is 11.4. The Morgan fingerprint density at radius 1 is 1.11 bits per heavy atom. The van der Waals surface area contributed by atoms with Gasteiger partial charge >= 0.3 is 0 Å². The third-order valence-electron chi connectivity index (χ3n) is 5.38. The predicted molar refractivity (Wildman–Crippen MR) is 110 cm³/mol. The molecular formula is C22H27NO3S. The number of aliphatic hydroxyl groups is 1. The molecule has 1 fully saturated rings. The van der Waals surface area contributed by atoms with Crippen molar-refractivity contribution in [3.8, 4) is 0 Å². The van der Waals surface area contributed by atoms with E-state index in [0.29, 0.717) is 19.5 Å². The minimum absolute atomic E-state index is 0.0181. The smallest absolute Gasteiger partial charge is 0.236 e. The second kappa shape index (κ2) is 8.38. The lowest BCUT2D eigenvalue weighted by molar-refractivity contribution is 0.0648. The fourth-order valence-electron chi connectivity index (χ4n) is 3.74. The topological polar surface area (TPSA) is 57.6 Å². The molecule has 1 heterocycles. The van der Waals surface area contributed by atoms with Crippen molar-refractivity contribution in [2.75, 3.05) is 19.7 Å². The highest BCUT2D eigenvalue weighted by Gasteiger charge is 2.38. The maximum Gasteiger partial charge on any atom is 0.236 e. The minimum Gasteiger partial charge on any atom is -0.396 e. The van der Waals surface area contributed by atoms with Crippen LogP contribution in [0.4, 0.5) is 0 Å². The molecule has 1 saturated heterocycles. The van der Waals surface area contributed by atoms with Crippen molar-refractivity contribution in [2.24, 2.45) is 5.41 Å². The predicted octanol–water partition coefficient (Wildman–Crippen LogP) is 3.61. The summed E-state index contributed by atoms with van der Waals surface area (Å²) < 4.78 is 27.2. The number of piperidine rings is 1. The summed E-state index contributed by atoms with van der Waals surface area (Å²) in [5.41, 5.74) is 2.77. The van der Waals surface area contributed by atoms with Gasteiger partial charge in [-0.2, -0.15) is 4.31 Å². The van der Waals surface area contributed by atoms with Crippen molar-refractivity contribution in [3.63, 3.8) is 0 Å². The van der Waals surface area contributed by atoms with E-state index in [1.807, 2.05) is 42.5 Å². The Hall–Kier alpha value is -1.95. The highest BCUT2D eigenvalue weighted by atomic mass is 32.2. The minimum atomic E-state index is -3.52. The standard InChI is InChI=1S/C22H27NO3S/c1-19-8-5-6-11-21(19)16-22(18-24)13-7-14-23(17-22)27(25,26)15-12-20-9-3-2-4-10-20/h2-6,8-12,15,24H,7,13-14,16-18H2,1H3/b15-12+. The van der Waals surface area contributed by atoms with E-state index in [-0.39, 0.29) is 6.61 Å². The van der Waals surface area contributed by atoms with Crippen LogP contribution in [-0.2, 0) is 16.4 Å². The molecule has 4 nitrogen and oxygen atoms in total. The van der Waals surface area contributed by atoms with Gasteiger partial charge in [0.1, 0.15) is 0 Å². The third kappa shape index (κ3) is 4.86. The highest BCUT2D eigenvalue weighted by Crippen LogP contribution is 2.35. The van der Waals surface area contributed by atoms with Gasteiger partial charge < -0.3 is 5.11 Å². The van der Waals surface area contributed by atoms with Gasteiger partial charge in [-0.1, -0.05) is 54.6 Å². The number of rotatable bonds is 6. The fraction of sp³-hybridized carbons (Fsp3) is 0.364. The van der Waals surface area contributed by atoms with Crippen LogP contribution in [0, 0.1) is 12.3 Å². The molecule has 0 aromatic heterocycles. The van der Waals surface area contributed by atoms with Crippen molar-refractivity contribution < 1.29 is 13.5 Å². The zero-order chi connectivity index (χ0) is 19.3. The van der Waals surface area contributed by atoms with Crippen molar-refractivity contribution in [2.45, 2.75) is 26.2 Å². The summed E-state index contributed by atoms with van der Waals surface area (Å²) in [6.07, 6.45) is 3.90. The number of sulfonamides is 1. The largest absolute Gasteiger partial charge is 0.396 e. The zero-order valence-corrected chi connectivity index (χ0v) is 16.5. The summed E-state index contributed by atoms with van der Waals surface area (Å²) in [5.74, 6) is 0. The third-order valence-corrected chi connectivity index (χ3v) is 6.89. The molecule has 1 aliphatic heterocycles. The molecule has 144 valence electrons. The van der Waals surface area contributed by atoms with Crippen molar-refractivity contribution in [1.29, 1.82) is 0 Å². The highest BCUT2D eigenvalue weighted by molar-refractivity contribution is 7.92. The fourth-order valence-corrected chi connectivity index (χ4v) is 5.07. The number of hydrogen-bond donors (Lipinski definition) is 1. The van der Waals surface area contributed by atoms with Gasteiger partial charge in [-0.25, -0.2) is 8.42 Å². The zero-order valence-electron chi connectivity index (χ0n) is 15.7. The Kier molecular flexibility index (Phi) is 6.15. The SMILES string of the molecule is Cc1ccccc1CC1(CO)CCCN(S(=O)(=O)/C=C/c2ccccc2)C1. The summed E-state index contributed by atoms with van der Waals surface area (Å²) in [7, 11) is -3.52. The molecule has 0 radical (unpaired) electrons. The number of hydrogen-bond acceptors (Lipinski definition) is 3. The molecule has 5 heteroatoms. The molecular weight excluding hydrogens is 358 g/mol. The molecule has 1 N–H and O–H groups in total. The van der Waals surface area contributed by atoms with Gasteiger partial charge in [-0.15, -0.1) is 0 Å². The monoisotopic (exact) mass is 385 g/mol. The van der Waals surface area contributed by atoms with Crippen molar-refractivity contribution in [3.05, 3.63) is 76.7 Å². The van der Waals surface area contributed by atoms with Crippen LogP contribution in [0.25, 0.3) is 6.08 Å². The Balaban J connectivity index is 1.79. The van der Waals surface area contributed by atoms with Crippen LogP contribution >= 0.6 is 0 Å². The van der Waals surface area contributed by atoms with E-state index in [9.17, 15) is 13.5 Å². The maximum absolute atomic E-state index is 12.8. The van der Waals surface area contributed by atoms with Crippen LogP contribution < -0.4 is 0 Å². The second-order valence-electron chi connectivity index (χ2n) is 7.46. The van der Waals surface area contributed by atoms with E-state index < -0.39 is 15.4 Å². The summed E-state index contributed by atoms with van der Waals surface area (Å²) in [4.78, 5) is 0. The van der Waals surface area contributed by atoms with Gasteiger partial charge in [0.05, 0.1) is 6.61 Å². The van der Waals surface area contributed by atoms with Crippen LogP contribution in [0.3, 0.4) is 0 Å². The van der Waals surface area contributed by atoms with E-state index in [1.165, 1.54) is 20.8 Å². The molecule has 2 aromatic carbocycles. The number of aryl methyl sites for hydroxylation is 1. The molecule has 0 bridgehead atoms. The van der Waals surface area contributed by atoms with E-state index in [2.05, 4.69) is 19.1 Å². The maximum atomic E-state index is 12.8. The number of aliphatic hydroxyl groups excluding tert-OH is 1. The number of nitrogens with zero attached hydrogens (tertiary/aromatic N) is 1. The van der Waals surface area contributed by atoms with Gasteiger partial charge in [-0.3, -0.25) is 0 Å². The van der Waals surface area contributed by atoms with Crippen molar-refractivity contribution >= 4 is 16.1 Å². The lowest BCUT2D eigenvalue weighted by atomic mass is 9.76. The Morgan fingerprint density at radius 2 is 1.81 bits per heavy atom. The lowest BCUT2D eigenvalue weighted by Crippen LogP contribution is -2.48. The lowest BCUT2D eigenvalue weighted by Gasteiger charge is -2.41. The van der Waals surface area contributed by atoms with Crippen LogP contribution in [0.2, 0.25) is 0 Å². The molecule has 0 aliphatic carbocycles. The average Bonchev–Trinajstić information content (AvgIpc) is 2.69. The first-order chi connectivity index (χ1) is 12.9. The Labute approximate surface area is 162 Å².